The van der Waals surface area contributed by atoms with E-state index < -0.39 is 47.1 Å². The molecule has 1 aliphatic rings. The molecular formula is C9H10ClFN2O6. The molecule has 0 radical (unpaired) electrons. The van der Waals surface area contributed by atoms with Crippen LogP contribution in [-0.4, -0.2) is 49.5 Å². The van der Waals surface area contributed by atoms with Crippen LogP contribution in [-0.2, 0) is 4.74 Å². The Morgan fingerprint density at radius 2 is 2.26 bits per heavy atom. The van der Waals surface area contributed by atoms with E-state index in [0.29, 0.717) is 10.8 Å². The monoisotopic (exact) mass is 297 g/mol. The lowest BCUT2D eigenvalue weighted by molar-refractivity contribution is -0.207. The van der Waals surface area contributed by atoms with Gasteiger partial charge in [0.1, 0.15) is 23.8 Å². The van der Waals surface area contributed by atoms with E-state index in [1.54, 1.807) is 4.98 Å². The largest absolute Gasteiger partial charge is 0.390 e. The van der Waals surface area contributed by atoms with Crippen molar-refractivity contribution in [2.45, 2.75) is 24.3 Å². The average Bonchev–Trinajstić information content (AvgIpc) is 2.56. The van der Waals surface area contributed by atoms with Crippen LogP contribution < -0.4 is 11.2 Å². The molecule has 0 unspecified atom stereocenters. The average molecular weight is 298 g/mol. The van der Waals surface area contributed by atoms with E-state index >= 15 is 0 Å². The quantitative estimate of drug-likeness (QED) is 0.505. The number of aromatic nitrogens is 2. The Labute approximate surface area is 111 Å². The molecule has 0 spiro atoms. The lowest BCUT2D eigenvalue weighted by atomic mass is 10.1. The molecule has 1 saturated heterocycles. The molecule has 0 aliphatic carbocycles. The fraction of sp³-hybridized carbons (Fsp3) is 0.556. The number of aliphatic hydroxyl groups excluding tert-OH is 3. The molecule has 1 aliphatic heterocycles. The second kappa shape index (κ2) is 4.69. The van der Waals surface area contributed by atoms with Gasteiger partial charge in [-0.3, -0.25) is 14.3 Å². The summed E-state index contributed by atoms with van der Waals surface area (Å²) in [6.45, 7) is -1.35. The molecule has 10 heteroatoms. The van der Waals surface area contributed by atoms with Gasteiger partial charge in [-0.15, -0.1) is 0 Å². The molecule has 8 nitrogen and oxygen atoms in total. The third-order valence-electron chi connectivity index (χ3n) is 2.62. The van der Waals surface area contributed by atoms with Crippen LogP contribution in [0.25, 0.3) is 0 Å². The van der Waals surface area contributed by atoms with Gasteiger partial charge < -0.3 is 20.1 Å². The highest BCUT2D eigenvalue weighted by atomic mass is 35.5. The molecular weight excluding hydrogens is 287 g/mol. The number of aliphatic hydroxyl groups is 3. The molecule has 19 heavy (non-hydrogen) atoms. The van der Waals surface area contributed by atoms with E-state index in [9.17, 15) is 24.2 Å². The maximum atomic E-state index is 14.0. The first kappa shape index (κ1) is 12.8. The lowest BCUT2D eigenvalue weighted by Gasteiger charge is -2.19. The summed E-state index contributed by atoms with van der Waals surface area (Å²) in [5.74, 6) is -3.14. The SMILES string of the molecule is [2H][C@@]1(n2cc(Cl)c(=O)[nH]c2=O)O[C@](F)(CO)[C@@H](O)[C@H]1O. The van der Waals surface area contributed by atoms with Gasteiger partial charge in [0.2, 0.25) is 0 Å². The van der Waals surface area contributed by atoms with Crippen molar-refractivity contribution in [2.24, 2.45) is 0 Å². The number of nitrogens with one attached hydrogen (secondary N) is 1. The second-order valence-electron chi connectivity index (χ2n) is 3.88. The van der Waals surface area contributed by atoms with Crippen molar-refractivity contribution >= 4 is 11.6 Å². The maximum Gasteiger partial charge on any atom is 0.330 e. The predicted molar refractivity (Wildman–Crippen MR) is 59.4 cm³/mol. The van der Waals surface area contributed by atoms with Crippen LogP contribution in [0.2, 0.25) is 5.02 Å². The number of hydrogen-bond acceptors (Lipinski definition) is 6. The summed E-state index contributed by atoms with van der Waals surface area (Å²) in [6.07, 6.45) is -6.63. The van der Waals surface area contributed by atoms with Gasteiger partial charge in [-0.05, 0) is 0 Å². The molecule has 0 amide bonds. The molecule has 0 bridgehead atoms. The Morgan fingerprint density at radius 3 is 2.79 bits per heavy atom. The first-order valence-corrected chi connectivity index (χ1v) is 5.41. The molecule has 4 atom stereocenters. The van der Waals surface area contributed by atoms with E-state index in [0.717, 1.165) is 0 Å². The molecule has 2 rings (SSSR count). The smallest absolute Gasteiger partial charge is 0.330 e. The highest BCUT2D eigenvalue weighted by Gasteiger charge is 2.55. The van der Waals surface area contributed by atoms with Crippen LogP contribution in [0.1, 0.15) is 7.57 Å². The van der Waals surface area contributed by atoms with Crippen LogP contribution in [0.15, 0.2) is 15.8 Å². The number of halogens is 2. The topological polar surface area (TPSA) is 125 Å². The van der Waals surface area contributed by atoms with Gasteiger partial charge in [-0.1, -0.05) is 11.6 Å². The van der Waals surface area contributed by atoms with E-state index in [2.05, 4.69) is 4.74 Å². The minimum absolute atomic E-state index is 0.307. The summed E-state index contributed by atoms with van der Waals surface area (Å²) in [6, 6.07) is 0. The van der Waals surface area contributed by atoms with Gasteiger partial charge in [0, 0.05) is 6.20 Å². The molecule has 1 aromatic heterocycles. The highest BCUT2D eigenvalue weighted by molar-refractivity contribution is 6.30. The third kappa shape index (κ3) is 2.19. The summed E-state index contributed by atoms with van der Waals surface area (Å²) < 4.78 is 26.6. The van der Waals surface area contributed by atoms with Crippen molar-refractivity contribution in [2.75, 3.05) is 6.61 Å². The van der Waals surface area contributed by atoms with Gasteiger partial charge in [0.15, 0.2) is 6.20 Å². The predicted octanol–water partition coefficient (Wildman–Crippen LogP) is -1.90. The summed E-state index contributed by atoms with van der Waals surface area (Å²) >= 11 is 5.49. The maximum absolute atomic E-state index is 14.0. The standard InChI is InChI=1S/C9H10ClFN2O6/c10-3-1-13(8(18)12-6(3)17)7-4(15)5(16)9(11,2-14)19-7/h1,4-5,7,14-16H,2H2,(H,12,17,18)/t4-,5+,7-,9-/m1/s1/i7D. The van der Waals surface area contributed by atoms with Gasteiger partial charge in [-0.2, -0.15) is 0 Å². The number of alkyl halides is 1. The van der Waals surface area contributed by atoms with Gasteiger partial charge in [-0.25, -0.2) is 9.18 Å². The third-order valence-corrected chi connectivity index (χ3v) is 2.89. The van der Waals surface area contributed by atoms with Crippen molar-refractivity contribution in [3.05, 3.63) is 32.1 Å². The minimum Gasteiger partial charge on any atom is -0.390 e. The Hall–Kier alpha value is -1.26. The zero-order valence-corrected chi connectivity index (χ0v) is 9.96. The highest BCUT2D eigenvalue weighted by Crippen LogP contribution is 2.37. The Kier molecular flexibility index (Phi) is 3.15. The van der Waals surface area contributed by atoms with Crippen molar-refractivity contribution in [1.82, 2.24) is 9.55 Å². The zero-order chi connectivity index (χ0) is 15.3. The summed E-state index contributed by atoms with van der Waals surface area (Å²) in [7, 11) is 0. The Bertz CT molecular complexity index is 652. The Balaban J connectivity index is 2.60. The molecule has 0 saturated carbocycles. The second-order valence-corrected chi connectivity index (χ2v) is 4.29. The normalized spacial score (nSPS) is 39.3. The van der Waals surface area contributed by atoms with Gasteiger partial charge >= 0.3 is 5.69 Å². The summed E-state index contributed by atoms with van der Waals surface area (Å²) in [5.41, 5.74) is -2.15. The lowest BCUT2D eigenvalue weighted by Crippen LogP contribution is -2.42. The van der Waals surface area contributed by atoms with E-state index in [1.165, 1.54) is 0 Å². The summed E-state index contributed by atoms with van der Waals surface area (Å²) in [5, 5.41) is 27.5. The van der Waals surface area contributed by atoms with E-state index in [4.69, 9.17) is 18.1 Å². The van der Waals surface area contributed by atoms with Crippen LogP contribution in [0.4, 0.5) is 4.39 Å². The number of hydrogen-bond donors (Lipinski definition) is 4. The van der Waals surface area contributed by atoms with Crippen LogP contribution in [0.5, 0.6) is 0 Å². The number of nitrogens with zero attached hydrogens (tertiary/aromatic N) is 1. The summed E-state index contributed by atoms with van der Waals surface area (Å²) in [4.78, 5) is 24.5. The van der Waals surface area contributed by atoms with Crippen LogP contribution in [0, 0.1) is 0 Å². The molecule has 0 aromatic carbocycles. The molecule has 1 fully saturated rings. The van der Waals surface area contributed by atoms with Crippen molar-refractivity contribution in [3.63, 3.8) is 0 Å². The van der Waals surface area contributed by atoms with E-state index in [1.807, 2.05) is 0 Å². The van der Waals surface area contributed by atoms with Crippen LogP contribution >= 0.6 is 11.6 Å². The number of H-pyrrole nitrogens is 1. The van der Waals surface area contributed by atoms with Crippen molar-refractivity contribution < 1.29 is 25.8 Å². The molecule has 106 valence electrons. The van der Waals surface area contributed by atoms with Gasteiger partial charge in [0.05, 0.1) is 1.37 Å². The van der Waals surface area contributed by atoms with Gasteiger partial charge in [0.25, 0.3) is 11.4 Å². The van der Waals surface area contributed by atoms with Crippen LogP contribution in [0.3, 0.4) is 0 Å². The minimum atomic E-state index is -3.14. The van der Waals surface area contributed by atoms with Crippen molar-refractivity contribution in [3.8, 4) is 0 Å². The molecule has 2 heterocycles. The first-order valence-electron chi connectivity index (χ1n) is 5.54. The molecule has 1 aromatic rings. The number of ether oxygens (including phenoxy) is 1. The number of rotatable bonds is 2. The fourth-order valence-corrected chi connectivity index (χ4v) is 1.74. The first-order chi connectivity index (χ1) is 9.15. The fourth-order valence-electron chi connectivity index (χ4n) is 1.59. The molecule has 4 N–H and O–H groups in total. The Morgan fingerprint density at radius 1 is 1.63 bits per heavy atom. The van der Waals surface area contributed by atoms with Crippen molar-refractivity contribution in [1.29, 1.82) is 0 Å². The number of aromatic amines is 1. The van der Waals surface area contributed by atoms with E-state index in [-0.39, 0.29) is 0 Å². The zero-order valence-electron chi connectivity index (χ0n) is 10.2.